The van der Waals surface area contributed by atoms with Crippen LogP contribution in [-0.2, 0) is 16.6 Å². The fraction of sp³-hybridized carbons (Fsp3) is 0.528. The third-order valence-electron chi connectivity index (χ3n) is 10.1. The zero-order chi connectivity index (χ0) is 35.5. The Morgan fingerprint density at radius 3 is 2.25 bits per heavy atom. The number of amides is 1. The second-order valence-corrected chi connectivity index (χ2v) is 13.4. The minimum atomic E-state index is -4.81. The zero-order valence-electron chi connectivity index (χ0n) is 27.5. The number of allylic oxidation sites excluding steroid dienone is 3. The molecule has 2 aromatic carbocycles. The summed E-state index contributed by atoms with van der Waals surface area (Å²) in [7, 11) is 1.32. The third kappa shape index (κ3) is 6.43. The molecule has 0 bridgehead atoms. The average molecular weight is 686 g/mol. The predicted octanol–water partition coefficient (Wildman–Crippen LogP) is 10.8. The highest BCUT2D eigenvalue weighted by Gasteiger charge is 2.53. The van der Waals surface area contributed by atoms with Crippen molar-refractivity contribution in [2.45, 2.75) is 102 Å². The molecule has 5 rings (SSSR count). The van der Waals surface area contributed by atoms with Crippen LogP contribution in [0.4, 0.5) is 39.9 Å². The first-order valence-corrected chi connectivity index (χ1v) is 16.1. The first-order valence-electron chi connectivity index (χ1n) is 16.1. The molecule has 262 valence electrons. The molecule has 6 atom stereocenters. The lowest BCUT2D eigenvalue weighted by Gasteiger charge is -2.43. The number of carbonyl (C=O) groups excluding carboxylic acids is 1. The average Bonchev–Trinajstić information content (AvgIpc) is 3.35. The maximum Gasteiger partial charge on any atom is 0.416 e. The number of piperidine rings is 1. The molecule has 48 heavy (non-hydrogen) atoms. The Balaban J connectivity index is 1.67. The summed E-state index contributed by atoms with van der Waals surface area (Å²) in [5.41, 5.74) is -2.16. The number of carbonyl (C=O) groups is 1. The predicted molar refractivity (Wildman–Crippen MR) is 164 cm³/mol. The second-order valence-electron chi connectivity index (χ2n) is 13.4. The van der Waals surface area contributed by atoms with Gasteiger partial charge in [-0.2, -0.15) is 26.3 Å². The van der Waals surface area contributed by atoms with Crippen molar-refractivity contribution in [3.8, 4) is 5.75 Å². The Labute approximate surface area is 274 Å². The largest absolute Gasteiger partial charge is 0.496 e. The molecule has 2 heterocycles. The molecular formula is C36H39F8NO3. The van der Waals surface area contributed by atoms with E-state index in [0.717, 1.165) is 18.2 Å². The summed E-state index contributed by atoms with van der Waals surface area (Å²) < 4.78 is 127. The molecular weight excluding hydrogens is 646 g/mol. The van der Waals surface area contributed by atoms with Crippen LogP contribution in [0.5, 0.6) is 5.75 Å². The van der Waals surface area contributed by atoms with Crippen LogP contribution in [0, 0.1) is 17.7 Å². The second kappa shape index (κ2) is 12.7. The third-order valence-corrected chi connectivity index (χ3v) is 10.1. The molecule has 0 radical (unpaired) electrons. The molecule has 1 aliphatic carbocycles. The Morgan fingerprint density at radius 2 is 1.67 bits per heavy atom. The summed E-state index contributed by atoms with van der Waals surface area (Å²) in [6.07, 6.45) is -8.30. The van der Waals surface area contributed by atoms with Crippen LogP contribution >= 0.6 is 0 Å². The molecule has 3 aliphatic rings. The SMILES string of the molecule is CCC(C)(F)c1cc(C2OC(=O)N3C(C4=C(c5cc(C(C)C)c(F)cc5OC)C=CC(C(F)(F)F)C4C)CCCC23)cc(C(F)(F)F)c1. The molecule has 2 saturated heterocycles. The molecule has 1 amide bonds. The van der Waals surface area contributed by atoms with E-state index in [2.05, 4.69) is 0 Å². The van der Waals surface area contributed by atoms with Crippen molar-refractivity contribution in [2.24, 2.45) is 11.8 Å². The number of ether oxygens (including phenoxy) is 2. The fourth-order valence-corrected chi connectivity index (χ4v) is 7.33. The van der Waals surface area contributed by atoms with Crippen LogP contribution in [0.2, 0.25) is 0 Å². The van der Waals surface area contributed by atoms with Gasteiger partial charge in [0.05, 0.1) is 30.7 Å². The number of fused-ring (bicyclic) bond motifs is 1. The Hall–Kier alpha value is -3.57. The van der Waals surface area contributed by atoms with Crippen molar-refractivity contribution < 1.29 is 49.4 Å². The summed E-state index contributed by atoms with van der Waals surface area (Å²) in [5, 5.41) is 0. The van der Waals surface area contributed by atoms with E-state index < -0.39 is 65.5 Å². The van der Waals surface area contributed by atoms with Gasteiger partial charge in [-0.3, -0.25) is 4.90 Å². The standard InChI is InChI=1S/C36H39F8NO3/c1-7-34(5,38)21-13-20(14-22(15-21)35(39,40)41)32-29-10-8-9-28(45(29)33(46)48-32)31-19(4)26(36(42,43)44)12-11-23(31)25-16-24(18(2)3)27(37)17-30(25)47-6/h11-19,26,28-29,32H,7-10H2,1-6H3. The highest BCUT2D eigenvalue weighted by Crippen LogP contribution is 2.51. The number of nitrogens with zero attached hydrogens (tertiary/aromatic N) is 1. The van der Waals surface area contributed by atoms with E-state index in [9.17, 15) is 31.1 Å². The van der Waals surface area contributed by atoms with E-state index in [1.165, 1.54) is 51.0 Å². The molecule has 2 aliphatic heterocycles. The highest BCUT2D eigenvalue weighted by atomic mass is 19.4. The first-order chi connectivity index (χ1) is 22.3. The van der Waals surface area contributed by atoms with E-state index in [0.29, 0.717) is 29.5 Å². The van der Waals surface area contributed by atoms with Crippen molar-refractivity contribution >= 4 is 11.7 Å². The number of halogens is 8. The van der Waals surface area contributed by atoms with Gasteiger partial charge in [0.2, 0.25) is 0 Å². The molecule has 0 aromatic heterocycles. The van der Waals surface area contributed by atoms with Crippen molar-refractivity contribution in [2.75, 3.05) is 7.11 Å². The van der Waals surface area contributed by atoms with Crippen LogP contribution in [0.3, 0.4) is 0 Å². The summed E-state index contributed by atoms with van der Waals surface area (Å²) in [5.74, 6) is -3.77. The molecule has 6 unspecified atom stereocenters. The van der Waals surface area contributed by atoms with Gasteiger partial charge in [0, 0.05) is 11.6 Å². The number of methoxy groups -OCH3 is 1. The van der Waals surface area contributed by atoms with Gasteiger partial charge in [0.15, 0.2) is 0 Å². The number of rotatable bonds is 7. The van der Waals surface area contributed by atoms with Crippen molar-refractivity contribution in [1.82, 2.24) is 4.90 Å². The van der Waals surface area contributed by atoms with Crippen LogP contribution in [0.1, 0.15) is 100 Å². The summed E-state index contributed by atoms with van der Waals surface area (Å²) in [6, 6.07) is 3.84. The summed E-state index contributed by atoms with van der Waals surface area (Å²) >= 11 is 0. The van der Waals surface area contributed by atoms with Gasteiger partial charge in [0.1, 0.15) is 23.3 Å². The fourth-order valence-electron chi connectivity index (χ4n) is 7.33. The van der Waals surface area contributed by atoms with Gasteiger partial charge in [-0.15, -0.1) is 0 Å². The quantitative estimate of drug-likeness (QED) is 0.272. The van der Waals surface area contributed by atoms with Gasteiger partial charge >= 0.3 is 18.4 Å². The lowest BCUT2D eigenvalue weighted by atomic mass is 9.72. The number of hydrogen-bond acceptors (Lipinski definition) is 3. The first kappa shape index (κ1) is 35.7. The summed E-state index contributed by atoms with van der Waals surface area (Å²) in [6.45, 7) is 7.65. The number of hydrogen-bond donors (Lipinski definition) is 0. The normalized spacial score (nSPS) is 26.1. The summed E-state index contributed by atoms with van der Waals surface area (Å²) in [4.78, 5) is 15.0. The van der Waals surface area contributed by atoms with Gasteiger partial charge in [-0.1, -0.05) is 39.8 Å². The van der Waals surface area contributed by atoms with Crippen LogP contribution < -0.4 is 4.74 Å². The zero-order valence-corrected chi connectivity index (χ0v) is 27.5. The van der Waals surface area contributed by atoms with Gasteiger partial charge in [0.25, 0.3) is 0 Å². The van der Waals surface area contributed by atoms with E-state index in [-0.39, 0.29) is 41.2 Å². The molecule has 0 spiro atoms. The Morgan fingerprint density at radius 1 is 1.00 bits per heavy atom. The maximum absolute atomic E-state index is 15.4. The topological polar surface area (TPSA) is 38.8 Å². The van der Waals surface area contributed by atoms with Crippen molar-refractivity contribution in [3.63, 3.8) is 0 Å². The minimum Gasteiger partial charge on any atom is -0.496 e. The van der Waals surface area contributed by atoms with E-state index in [1.807, 2.05) is 0 Å². The molecule has 0 N–H and O–H groups in total. The molecule has 2 fully saturated rings. The molecule has 4 nitrogen and oxygen atoms in total. The monoisotopic (exact) mass is 685 g/mol. The number of cyclic esters (lactones) is 1. The van der Waals surface area contributed by atoms with Crippen molar-refractivity contribution in [3.05, 3.63) is 81.7 Å². The van der Waals surface area contributed by atoms with E-state index in [1.54, 1.807) is 19.9 Å². The highest BCUT2D eigenvalue weighted by molar-refractivity contribution is 5.84. The van der Waals surface area contributed by atoms with E-state index in [4.69, 9.17) is 9.47 Å². The molecule has 12 heteroatoms. The number of alkyl halides is 7. The van der Waals surface area contributed by atoms with Gasteiger partial charge in [-0.25, -0.2) is 13.6 Å². The molecule has 0 saturated carbocycles. The smallest absolute Gasteiger partial charge is 0.416 e. The van der Waals surface area contributed by atoms with Gasteiger partial charge in [-0.05, 0) is 96.5 Å². The van der Waals surface area contributed by atoms with Crippen LogP contribution in [0.15, 0.2) is 48.1 Å². The van der Waals surface area contributed by atoms with Gasteiger partial charge < -0.3 is 9.47 Å². The Bertz CT molecular complexity index is 1620. The minimum absolute atomic E-state index is 0.0422. The lowest BCUT2D eigenvalue weighted by molar-refractivity contribution is -0.170. The van der Waals surface area contributed by atoms with E-state index >= 15 is 8.78 Å². The maximum atomic E-state index is 15.4. The van der Waals surface area contributed by atoms with Crippen molar-refractivity contribution in [1.29, 1.82) is 0 Å². The number of benzene rings is 2. The lowest BCUT2D eigenvalue weighted by Crippen LogP contribution is -2.49. The molecule has 2 aromatic rings. The Kier molecular flexibility index (Phi) is 9.46. The van der Waals surface area contributed by atoms with Crippen LogP contribution in [-0.4, -0.2) is 36.4 Å². The van der Waals surface area contributed by atoms with Crippen LogP contribution in [0.25, 0.3) is 5.57 Å².